The Kier molecular flexibility index (Phi) is 3.40. The first-order valence-corrected chi connectivity index (χ1v) is 9.87. The number of rotatable bonds is 0. The highest BCUT2D eigenvalue weighted by Gasteiger charge is 2.54. The van der Waals surface area contributed by atoms with E-state index in [2.05, 4.69) is 45.2 Å². The van der Waals surface area contributed by atoms with Crippen LogP contribution in [0.15, 0.2) is 60.7 Å². The molecule has 3 nitrogen and oxygen atoms in total. The third-order valence-corrected chi connectivity index (χ3v) is 7.72. The van der Waals surface area contributed by atoms with Crippen molar-refractivity contribution in [3.63, 3.8) is 0 Å². The second-order valence-electron chi connectivity index (χ2n) is 5.95. The highest BCUT2D eigenvalue weighted by Crippen LogP contribution is 2.57. The van der Waals surface area contributed by atoms with Crippen LogP contribution in [0.3, 0.4) is 0 Å². The van der Waals surface area contributed by atoms with E-state index in [-0.39, 0.29) is 5.97 Å². The summed E-state index contributed by atoms with van der Waals surface area (Å²) in [6.07, 6.45) is 0. The predicted molar refractivity (Wildman–Crippen MR) is 110 cm³/mol. The van der Waals surface area contributed by atoms with Crippen molar-refractivity contribution in [3.05, 3.63) is 90.1 Å². The minimum Gasteiger partial charge on any atom is -0.456 e. The molecule has 2 aliphatic rings. The van der Waals surface area contributed by atoms with Gasteiger partial charge in [-0.15, -0.1) is 0 Å². The van der Waals surface area contributed by atoms with Crippen molar-refractivity contribution in [2.45, 2.75) is 5.60 Å². The third kappa shape index (κ3) is 1.99. The molecule has 3 aromatic rings. The maximum Gasteiger partial charge on any atom is 0.340 e. The molecular weight excluding hydrogens is 542 g/mol. The van der Waals surface area contributed by atoms with Crippen molar-refractivity contribution in [2.24, 2.45) is 0 Å². The fourth-order valence-corrected chi connectivity index (χ4v) is 4.92. The van der Waals surface area contributed by atoms with Gasteiger partial charge in [0.25, 0.3) is 0 Å². The number of para-hydroxylation sites is 1. The standard InChI is InChI=1S/C20H10I2O3/c21-14-9-10-16-17(18(14)22)20(13-7-3-4-8-15(13)24-16)12-6-2-1-5-11(12)19(23)25-20/h1-10H. The summed E-state index contributed by atoms with van der Waals surface area (Å²) in [6.45, 7) is 0. The first-order chi connectivity index (χ1) is 12.1. The molecule has 2 heterocycles. The summed E-state index contributed by atoms with van der Waals surface area (Å²) in [6, 6.07) is 19.3. The quantitative estimate of drug-likeness (QED) is 0.275. The van der Waals surface area contributed by atoms with Crippen LogP contribution in [0.5, 0.6) is 11.5 Å². The van der Waals surface area contributed by atoms with Crippen molar-refractivity contribution in [3.8, 4) is 11.5 Å². The Bertz CT molecular complexity index is 1060. The molecular formula is C20H10I2O3. The van der Waals surface area contributed by atoms with Gasteiger partial charge in [-0.2, -0.15) is 0 Å². The Morgan fingerprint density at radius 2 is 1.52 bits per heavy atom. The molecule has 5 rings (SSSR count). The largest absolute Gasteiger partial charge is 0.456 e. The topological polar surface area (TPSA) is 35.5 Å². The molecule has 0 fully saturated rings. The summed E-state index contributed by atoms with van der Waals surface area (Å²) in [5, 5.41) is 0. The minimum absolute atomic E-state index is 0.298. The minimum atomic E-state index is -0.963. The van der Waals surface area contributed by atoms with Crippen LogP contribution < -0.4 is 4.74 Å². The van der Waals surface area contributed by atoms with Crippen molar-refractivity contribution in [1.29, 1.82) is 0 Å². The van der Waals surface area contributed by atoms with Gasteiger partial charge < -0.3 is 9.47 Å². The highest BCUT2D eigenvalue weighted by molar-refractivity contribution is 14.1. The zero-order chi connectivity index (χ0) is 17.2. The van der Waals surface area contributed by atoms with Gasteiger partial charge >= 0.3 is 5.97 Å². The zero-order valence-electron chi connectivity index (χ0n) is 12.8. The number of carbonyl (C=O) groups is 1. The number of benzene rings is 3. The van der Waals surface area contributed by atoms with Gasteiger partial charge in [-0.1, -0.05) is 36.4 Å². The molecule has 0 amide bonds. The smallest absolute Gasteiger partial charge is 0.340 e. The summed E-state index contributed by atoms with van der Waals surface area (Å²) in [5.74, 6) is 1.15. The van der Waals surface area contributed by atoms with Gasteiger partial charge in [0.2, 0.25) is 0 Å². The first-order valence-electron chi connectivity index (χ1n) is 7.71. The molecule has 25 heavy (non-hydrogen) atoms. The van der Waals surface area contributed by atoms with Crippen LogP contribution in [-0.2, 0) is 10.3 Å². The number of halogens is 2. The summed E-state index contributed by atoms with van der Waals surface area (Å²) in [7, 11) is 0. The Morgan fingerprint density at radius 3 is 2.36 bits per heavy atom. The predicted octanol–water partition coefficient (Wildman–Crippen LogP) is 5.46. The van der Waals surface area contributed by atoms with Gasteiger partial charge in [0.1, 0.15) is 11.5 Å². The number of hydrogen-bond donors (Lipinski definition) is 0. The average Bonchev–Trinajstić information content (AvgIpc) is 2.92. The van der Waals surface area contributed by atoms with Crippen LogP contribution in [0.25, 0.3) is 0 Å². The number of carbonyl (C=O) groups excluding carboxylic acids is 1. The highest BCUT2D eigenvalue weighted by atomic mass is 127. The summed E-state index contributed by atoms with van der Waals surface area (Å²) in [4.78, 5) is 12.7. The van der Waals surface area contributed by atoms with Gasteiger partial charge in [-0.25, -0.2) is 4.79 Å². The molecule has 0 aromatic heterocycles. The van der Waals surface area contributed by atoms with Crippen LogP contribution in [-0.4, -0.2) is 5.97 Å². The molecule has 0 N–H and O–H groups in total. The van der Waals surface area contributed by atoms with E-state index < -0.39 is 5.60 Å². The first kappa shape index (κ1) is 15.6. The van der Waals surface area contributed by atoms with E-state index in [4.69, 9.17) is 9.47 Å². The van der Waals surface area contributed by atoms with Crippen molar-refractivity contribution >= 4 is 51.2 Å². The SMILES string of the molecule is O=C1OC2(c3ccccc3Oc3ccc(I)c(I)c32)c2ccccc21. The molecule has 0 saturated carbocycles. The van der Waals surface area contributed by atoms with Crippen molar-refractivity contribution in [1.82, 2.24) is 0 Å². The van der Waals surface area contributed by atoms with E-state index >= 15 is 0 Å². The Hall–Kier alpha value is -1.61. The second-order valence-corrected chi connectivity index (χ2v) is 8.19. The lowest BCUT2D eigenvalue weighted by Gasteiger charge is -2.37. The fourth-order valence-electron chi connectivity index (χ4n) is 3.65. The lowest BCUT2D eigenvalue weighted by atomic mass is 9.78. The average molecular weight is 552 g/mol. The molecule has 0 saturated heterocycles. The monoisotopic (exact) mass is 552 g/mol. The molecule has 0 bridgehead atoms. The Morgan fingerprint density at radius 1 is 0.800 bits per heavy atom. The maximum absolute atomic E-state index is 12.7. The molecule has 0 aliphatic carbocycles. The molecule has 1 unspecified atom stereocenters. The summed E-state index contributed by atoms with van der Waals surface area (Å²) < 4.78 is 14.4. The van der Waals surface area contributed by atoms with Gasteiger partial charge in [0.05, 0.1) is 11.1 Å². The van der Waals surface area contributed by atoms with Gasteiger partial charge in [-0.3, -0.25) is 0 Å². The molecule has 0 radical (unpaired) electrons. The second kappa shape index (κ2) is 5.44. The van der Waals surface area contributed by atoms with Gasteiger partial charge in [0, 0.05) is 18.3 Å². The van der Waals surface area contributed by atoms with E-state index in [0.29, 0.717) is 5.56 Å². The van der Waals surface area contributed by atoms with Gasteiger partial charge in [0.15, 0.2) is 5.60 Å². The zero-order valence-corrected chi connectivity index (χ0v) is 17.1. The van der Waals surface area contributed by atoms with Gasteiger partial charge in [-0.05, 0) is 69.4 Å². The number of esters is 1. The van der Waals surface area contributed by atoms with Crippen LogP contribution in [0.1, 0.15) is 27.0 Å². The van der Waals surface area contributed by atoms with Crippen molar-refractivity contribution in [2.75, 3.05) is 0 Å². The number of hydrogen-bond acceptors (Lipinski definition) is 3. The van der Waals surface area contributed by atoms with E-state index in [0.717, 1.165) is 35.3 Å². The summed E-state index contributed by atoms with van der Waals surface area (Å²) >= 11 is 4.61. The molecule has 5 heteroatoms. The van der Waals surface area contributed by atoms with Crippen LogP contribution in [0.4, 0.5) is 0 Å². The Balaban J connectivity index is 1.96. The van der Waals surface area contributed by atoms with E-state index in [1.807, 2.05) is 60.7 Å². The Labute approximate surface area is 171 Å². The molecule has 122 valence electrons. The summed E-state index contributed by atoms with van der Waals surface area (Å²) in [5.41, 5.74) is 2.28. The molecule has 1 atom stereocenters. The lowest BCUT2D eigenvalue weighted by molar-refractivity contribution is 0.0221. The van der Waals surface area contributed by atoms with Crippen LogP contribution in [0, 0.1) is 7.14 Å². The van der Waals surface area contributed by atoms with E-state index in [1.165, 1.54) is 0 Å². The number of fused-ring (bicyclic) bond motifs is 6. The molecule has 3 aromatic carbocycles. The normalized spacial score (nSPS) is 19.7. The van der Waals surface area contributed by atoms with E-state index in [1.54, 1.807) is 0 Å². The molecule has 2 aliphatic heterocycles. The van der Waals surface area contributed by atoms with Crippen LogP contribution >= 0.6 is 45.2 Å². The van der Waals surface area contributed by atoms with Crippen LogP contribution in [0.2, 0.25) is 0 Å². The van der Waals surface area contributed by atoms with Crippen molar-refractivity contribution < 1.29 is 14.3 Å². The fraction of sp³-hybridized carbons (Fsp3) is 0.0500. The maximum atomic E-state index is 12.7. The number of ether oxygens (including phenoxy) is 2. The third-order valence-electron chi connectivity index (χ3n) is 4.67. The van der Waals surface area contributed by atoms with E-state index in [9.17, 15) is 4.79 Å². The molecule has 1 spiro atoms. The lowest BCUT2D eigenvalue weighted by Crippen LogP contribution is -2.34.